The molecular weight excluding hydrogens is 382 g/mol. The van der Waals surface area contributed by atoms with E-state index in [0.29, 0.717) is 23.0 Å². The SMILES string of the molecule is CCCn1nc(C(=O)Nc2ccc(C)cc2Br)c2ccccc2c1=O. The van der Waals surface area contributed by atoms with Crippen LogP contribution in [0.1, 0.15) is 29.4 Å². The van der Waals surface area contributed by atoms with Crippen LogP contribution in [0, 0.1) is 6.92 Å². The van der Waals surface area contributed by atoms with Crippen molar-refractivity contribution in [3.05, 3.63) is 68.5 Å². The zero-order chi connectivity index (χ0) is 18.0. The number of carbonyl (C=O) groups excluding carboxylic acids is 1. The van der Waals surface area contributed by atoms with Crippen LogP contribution in [0.15, 0.2) is 51.7 Å². The molecule has 0 fully saturated rings. The van der Waals surface area contributed by atoms with Gasteiger partial charge >= 0.3 is 0 Å². The van der Waals surface area contributed by atoms with E-state index in [-0.39, 0.29) is 17.2 Å². The van der Waals surface area contributed by atoms with Crippen LogP contribution >= 0.6 is 15.9 Å². The van der Waals surface area contributed by atoms with Gasteiger partial charge in [0.15, 0.2) is 5.69 Å². The van der Waals surface area contributed by atoms with Crippen LogP contribution in [0.5, 0.6) is 0 Å². The van der Waals surface area contributed by atoms with Crippen LogP contribution in [0.25, 0.3) is 10.8 Å². The molecule has 1 N–H and O–H groups in total. The predicted molar refractivity (Wildman–Crippen MR) is 103 cm³/mol. The molecule has 0 atom stereocenters. The highest BCUT2D eigenvalue weighted by Gasteiger charge is 2.17. The van der Waals surface area contributed by atoms with Gasteiger partial charge in [-0.15, -0.1) is 0 Å². The Kier molecular flexibility index (Phi) is 4.99. The summed E-state index contributed by atoms with van der Waals surface area (Å²) in [5.74, 6) is -0.342. The van der Waals surface area contributed by atoms with Gasteiger partial charge in [-0.05, 0) is 53.0 Å². The minimum absolute atomic E-state index is 0.175. The Morgan fingerprint density at radius 3 is 2.60 bits per heavy atom. The Balaban J connectivity index is 2.09. The Hall–Kier alpha value is -2.47. The molecule has 0 saturated heterocycles. The number of benzene rings is 2. The number of hydrogen-bond acceptors (Lipinski definition) is 3. The van der Waals surface area contributed by atoms with Crippen molar-refractivity contribution in [1.82, 2.24) is 9.78 Å². The van der Waals surface area contributed by atoms with E-state index in [0.717, 1.165) is 16.5 Å². The lowest BCUT2D eigenvalue weighted by Crippen LogP contribution is -2.27. The average Bonchev–Trinajstić information content (AvgIpc) is 2.60. The zero-order valence-electron chi connectivity index (χ0n) is 14.0. The van der Waals surface area contributed by atoms with Gasteiger partial charge < -0.3 is 5.32 Å². The van der Waals surface area contributed by atoms with Gasteiger partial charge in [-0.25, -0.2) is 4.68 Å². The van der Waals surface area contributed by atoms with Crippen LogP contribution in [-0.4, -0.2) is 15.7 Å². The van der Waals surface area contributed by atoms with Crippen molar-refractivity contribution in [2.75, 3.05) is 5.32 Å². The summed E-state index contributed by atoms with van der Waals surface area (Å²) in [7, 11) is 0. The molecule has 128 valence electrons. The quantitative estimate of drug-likeness (QED) is 0.716. The maximum absolute atomic E-state index is 12.8. The lowest BCUT2D eigenvalue weighted by atomic mass is 10.1. The van der Waals surface area contributed by atoms with Crippen LogP contribution in [0.2, 0.25) is 0 Å². The summed E-state index contributed by atoms with van der Waals surface area (Å²) in [4.78, 5) is 25.3. The maximum atomic E-state index is 12.8. The number of rotatable bonds is 4. The molecule has 1 amide bonds. The first-order valence-electron chi connectivity index (χ1n) is 8.08. The predicted octanol–water partition coefficient (Wildman–Crippen LogP) is 4.13. The van der Waals surface area contributed by atoms with Gasteiger partial charge in [0.2, 0.25) is 0 Å². The number of hydrogen-bond donors (Lipinski definition) is 1. The third kappa shape index (κ3) is 3.49. The first kappa shape index (κ1) is 17.4. The number of aromatic nitrogens is 2. The van der Waals surface area contributed by atoms with Gasteiger partial charge in [0.25, 0.3) is 11.5 Å². The zero-order valence-corrected chi connectivity index (χ0v) is 15.6. The van der Waals surface area contributed by atoms with Crippen molar-refractivity contribution in [1.29, 1.82) is 0 Å². The number of aryl methyl sites for hydroxylation is 2. The third-order valence-electron chi connectivity index (χ3n) is 3.89. The highest BCUT2D eigenvalue weighted by atomic mass is 79.9. The summed E-state index contributed by atoms with van der Waals surface area (Å²) in [5.41, 5.74) is 1.82. The van der Waals surface area contributed by atoms with Crippen molar-refractivity contribution < 1.29 is 4.79 Å². The van der Waals surface area contributed by atoms with Crippen molar-refractivity contribution in [2.45, 2.75) is 26.8 Å². The van der Waals surface area contributed by atoms with E-state index in [9.17, 15) is 9.59 Å². The van der Waals surface area contributed by atoms with E-state index < -0.39 is 0 Å². The molecule has 0 saturated carbocycles. The fraction of sp³-hybridized carbons (Fsp3) is 0.211. The second-order valence-electron chi connectivity index (χ2n) is 5.86. The molecule has 6 heteroatoms. The van der Waals surface area contributed by atoms with Gasteiger partial charge in [0, 0.05) is 16.4 Å². The molecule has 1 heterocycles. The van der Waals surface area contributed by atoms with Crippen molar-refractivity contribution >= 4 is 38.3 Å². The van der Waals surface area contributed by atoms with Crippen LogP contribution in [0.3, 0.4) is 0 Å². The van der Waals surface area contributed by atoms with Crippen molar-refractivity contribution in [2.24, 2.45) is 0 Å². The number of anilines is 1. The standard InChI is InChI=1S/C19H18BrN3O2/c1-3-10-23-19(25)14-7-5-4-6-13(14)17(22-23)18(24)21-16-9-8-12(2)11-15(16)20/h4-9,11H,3,10H2,1-2H3,(H,21,24). The van der Waals surface area contributed by atoms with Gasteiger partial charge in [0.1, 0.15) is 0 Å². The van der Waals surface area contributed by atoms with Crippen LogP contribution in [0.4, 0.5) is 5.69 Å². The first-order chi connectivity index (χ1) is 12.0. The monoisotopic (exact) mass is 399 g/mol. The average molecular weight is 400 g/mol. The second kappa shape index (κ2) is 7.19. The number of amides is 1. The fourth-order valence-electron chi connectivity index (χ4n) is 2.67. The number of fused-ring (bicyclic) bond motifs is 1. The molecule has 0 bridgehead atoms. The molecule has 0 radical (unpaired) electrons. The molecule has 0 spiro atoms. The first-order valence-corrected chi connectivity index (χ1v) is 8.88. The lowest BCUT2D eigenvalue weighted by molar-refractivity contribution is 0.102. The summed E-state index contributed by atoms with van der Waals surface area (Å²) >= 11 is 3.46. The molecule has 0 aliphatic carbocycles. The van der Waals surface area contributed by atoms with Crippen molar-refractivity contribution in [3.63, 3.8) is 0 Å². The summed E-state index contributed by atoms with van der Waals surface area (Å²) < 4.78 is 2.16. The Morgan fingerprint density at radius 2 is 1.92 bits per heavy atom. The van der Waals surface area contributed by atoms with Crippen LogP contribution < -0.4 is 10.9 Å². The van der Waals surface area contributed by atoms with E-state index in [2.05, 4.69) is 26.3 Å². The smallest absolute Gasteiger partial charge is 0.276 e. The molecule has 3 rings (SSSR count). The highest BCUT2D eigenvalue weighted by Crippen LogP contribution is 2.24. The number of nitrogens with one attached hydrogen (secondary N) is 1. The molecule has 0 unspecified atom stereocenters. The highest BCUT2D eigenvalue weighted by molar-refractivity contribution is 9.10. The minimum Gasteiger partial charge on any atom is -0.320 e. The largest absolute Gasteiger partial charge is 0.320 e. The number of carbonyl (C=O) groups is 1. The summed E-state index contributed by atoms with van der Waals surface area (Å²) in [6.45, 7) is 4.41. The Bertz CT molecular complexity index is 1010. The summed E-state index contributed by atoms with van der Waals surface area (Å²) in [5, 5.41) is 8.24. The molecule has 1 aromatic heterocycles. The van der Waals surface area contributed by atoms with Crippen LogP contribution in [-0.2, 0) is 6.54 Å². The second-order valence-corrected chi connectivity index (χ2v) is 6.71. The lowest BCUT2D eigenvalue weighted by Gasteiger charge is -2.12. The van der Waals surface area contributed by atoms with E-state index in [1.807, 2.05) is 32.0 Å². The molecule has 3 aromatic rings. The molecular formula is C19H18BrN3O2. The maximum Gasteiger partial charge on any atom is 0.276 e. The van der Waals surface area contributed by atoms with E-state index >= 15 is 0 Å². The molecule has 5 nitrogen and oxygen atoms in total. The van der Waals surface area contributed by atoms with Gasteiger partial charge in [-0.3, -0.25) is 9.59 Å². The fourth-order valence-corrected chi connectivity index (χ4v) is 3.26. The van der Waals surface area contributed by atoms with Gasteiger partial charge in [-0.1, -0.05) is 31.2 Å². The summed E-state index contributed by atoms with van der Waals surface area (Å²) in [6, 6.07) is 12.7. The topological polar surface area (TPSA) is 64.0 Å². The third-order valence-corrected chi connectivity index (χ3v) is 4.55. The van der Waals surface area contributed by atoms with E-state index in [4.69, 9.17) is 0 Å². The van der Waals surface area contributed by atoms with Crippen molar-refractivity contribution in [3.8, 4) is 0 Å². The van der Waals surface area contributed by atoms with E-state index in [1.165, 1.54) is 4.68 Å². The van der Waals surface area contributed by atoms with E-state index in [1.54, 1.807) is 24.3 Å². The molecule has 0 aliphatic heterocycles. The number of halogens is 1. The minimum atomic E-state index is -0.342. The van der Waals surface area contributed by atoms with Gasteiger partial charge in [-0.2, -0.15) is 5.10 Å². The molecule has 0 aliphatic rings. The van der Waals surface area contributed by atoms with Gasteiger partial charge in [0.05, 0.1) is 11.1 Å². The normalized spacial score (nSPS) is 10.8. The molecule has 25 heavy (non-hydrogen) atoms. The molecule has 2 aromatic carbocycles. The Labute approximate surface area is 153 Å². The Morgan fingerprint density at radius 1 is 1.20 bits per heavy atom. The summed E-state index contributed by atoms with van der Waals surface area (Å²) in [6.07, 6.45) is 0.760. The number of nitrogens with zero attached hydrogens (tertiary/aromatic N) is 2.